The van der Waals surface area contributed by atoms with Crippen LogP contribution in [-0.4, -0.2) is 27.8 Å². The largest absolute Gasteiger partial charge is 0.489 e. The quantitative estimate of drug-likeness (QED) is 0.339. The van der Waals surface area contributed by atoms with Crippen LogP contribution < -0.4 is 15.4 Å². The van der Waals surface area contributed by atoms with E-state index in [2.05, 4.69) is 26.6 Å². The molecule has 5 rings (SSSR count). The molecule has 3 aromatic rings. The van der Waals surface area contributed by atoms with Gasteiger partial charge in [0.2, 0.25) is 0 Å². The lowest BCUT2D eigenvalue weighted by molar-refractivity contribution is -0.532. The molecule has 10 nitrogen and oxygen atoms in total. The van der Waals surface area contributed by atoms with Gasteiger partial charge in [0.1, 0.15) is 12.4 Å². The van der Waals surface area contributed by atoms with Crippen molar-refractivity contribution in [1.82, 2.24) is 5.32 Å². The lowest BCUT2D eigenvalue weighted by atomic mass is 9.78. The molecule has 0 bridgehead atoms. The van der Waals surface area contributed by atoms with Crippen molar-refractivity contribution in [3.8, 4) is 5.75 Å². The Hall–Kier alpha value is -3.83. The molecule has 184 valence electrons. The first-order chi connectivity index (χ1) is 17.2. The number of ether oxygens (including phenoxy) is 1. The summed E-state index contributed by atoms with van der Waals surface area (Å²) in [6.07, 6.45) is 0. The monoisotopic (exact) mass is 552 g/mol. The van der Waals surface area contributed by atoms with E-state index in [1.54, 1.807) is 54.6 Å². The maximum atomic E-state index is 13.3. The molecule has 2 heterocycles. The van der Waals surface area contributed by atoms with Crippen LogP contribution in [0.3, 0.4) is 0 Å². The Labute approximate surface area is 214 Å². The van der Waals surface area contributed by atoms with Gasteiger partial charge < -0.3 is 10.1 Å². The lowest BCUT2D eigenvalue weighted by Crippen LogP contribution is -2.54. The topological polar surface area (TPSA) is 137 Å². The summed E-state index contributed by atoms with van der Waals surface area (Å²) < 4.78 is 6.79. The van der Waals surface area contributed by atoms with E-state index in [1.165, 1.54) is 12.1 Å². The Balaban J connectivity index is 1.53. The van der Waals surface area contributed by atoms with Crippen molar-refractivity contribution < 1.29 is 19.4 Å². The van der Waals surface area contributed by atoms with E-state index in [0.29, 0.717) is 32.6 Å². The molecule has 0 aliphatic carbocycles. The van der Waals surface area contributed by atoms with Gasteiger partial charge in [-0.05, 0) is 48.9 Å². The first kappa shape index (κ1) is 23.9. The zero-order valence-corrected chi connectivity index (χ0v) is 20.6. The molecular weight excluding hydrogens is 532 g/mol. The van der Waals surface area contributed by atoms with Gasteiger partial charge in [-0.15, -0.1) is 0 Å². The first-order valence-electron chi connectivity index (χ1n) is 11.2. The number of amides is 1. The van der Waals surface area contributed by atoms with Crippen LogP contribution in [0.25, 0.3) is 0 Å². The molecular formula is C25H21BrN4O6. The van der Waals surface area contributed by atoms with Crippen LogP contribution in [0.4, 0.5) is 11.4 Å². The van der Waals surface area contributed by atoms with E-state index < -0.39 is 34.4 Å². The number of carbonyl (C=O) groups excluding carboxylic acids is 1. The summed E-state index contributed by atoms with van der Waals surface area (Å²) in [5.41, 5.74) is 0.846. The summed E-state index contributed by atoms with van der Waals surface area (Å²) >= 11 is 3.46. The number of hydrogen-bond donors (Lipinski definition) is 2. The van der Waals surface area contributed by atoms with Crippen LogP contribution in [0.5, 0.6) is 5.75 Å². The first-order valence-corrected chi connectivity index (χ1v) is 12.0. The predicted molar refractivity (Wildman–Crippen MR) is 134 cm³/mol. The Bertz CT molecular complexity index is 1380. The minimum atomic E-state index is -1.53. The van der Waals surface area contributed by atoms with Crippen molar-refractivity contribution in [3.05, 3.63) is 108 Å². The second-order valence-corrected chi connectivity index (χ2v) is 9.81. The summed E-state index contributed by atoms with van der Waals surface area (Å²) in [7, 11) is 0. The fraction of sp³-hybridized carbons (Fsp3) is 0.240. The minimum absolute atomic E-state index is 0.0248. The highest BCUT2D eigenvalue weighted by molar-refractivity contribution is 9.10. The minimum Gasteiger partial charge on any atom is -0.489 e. The van der Waals surface area contributed by atoms with E-state index in [4.69, 9.17) is 4.74 Å². The maximum Gasteiger partial charge on any atom is 0.269 e. The number of rotatable bonds is 6. The summed E-state index contributed by atoms with van der Waals surface area (Å²) in [6.45, 7) is 1.93. The number of nitro groups is 2. The van der Waals surface area contributed by atoms with Gasteiger partial charge in [-0.3, -0.25) is 30.3 Å². The summed E-state index contributed by atoms with van der Waals surface area (Å²) in [5.74, 6) is -0.713. The molecule has 4 atom stereocenters. The number of carbonyl (C=O) groups is 1. The number of fused-ring (bicyclic) bond motifs is 2. The van der Waals surface area contributed by atoms with Crippen molar-refractivity contribution in [2.75, 3.05) is 5.32 Å². The van der Waals surface area contributed by atoms with Crippen LogP contribution in [-0.2, 0) is 16.9 Å². The van der Waals surface area contributed by atoms with E-state index in [9.17, 15) is 25.0 Å². The number of halogens is 1. The van der Waals surface area contributed by atoms with Gasteiger partial charge in [0, 0.05) is 44.4 Å². The van der Waals surface area contributed by atoms with E-state index in [-0.39, 0.29) is 17.2 Å². The van der Waals surface area contributed by atoms with Crippen LogP contribution >= 0.6 is 15.9 Å². The normalized spacial score (nSPS) is 24.4. The van der Waals surface area contributed by atoms with Gasteiger partial charge in [0.25, 0.3) is 17.6 Å². The molecule has 1 saturated heterocycles. The zero-order chi connectivity index (χ0) is 25.6. The Morgan fingerprint density at radius 2 is 1.78 bits per heavy atom. The number of para-hydroxylation sites is 1. The maximum absolute atomic E-state index is 13.3. The van der Waals surface area contributed by atoms with Gasteiger partial charge >= 0.3 is 0 Å². The predicted octanol–water partition coefficient (Wildman–Crippen LogP) is 4.50. The SMILES string of the molecule is C[C@@H]1N[C@]2(C(=O)Nc3ccccc32)[C@H]([N+](=O)[O-])[C@H]1c1cc(Br)ccc1OCc1ccc([N+](=O)[O-])cc1. The van der Waals surface area contributed by atoms with Crippen molar-refractivity contribution >= 4 is 33.2 Å². The molecule has 2 aliphatic heterocycles. The average Bonchev–Trinajstić information content (AvgIpc) is 3.32. The molecule has 0 aromatic heterocycles. The Morgan fingerprint density at radius 3 is 2.47 bits per heavy atom. The van der Waals surface area contributed by atoms with Crippen LogP contribution in [0.15, 0.2) is 71.2 Å². The second-order valence-electron chi connectivity index (χ2n) is 8.89. The highest BCUT2D eigenvalue weighted by atomic mass is 79.9. The summed E-state index contributed by atoms with van der Waals surface area (Å²) in [6, 6.07) is 16.5. The molecule has 0 unspecified atom stereocenters. The molecule has 36 heavy (non-hydrogen) atoms. The second kappa shape index (κ2) is 8.99. The molecule has 3 aromatic carbocycles. The van der Waals surface area contributed by atoms with Crippen molar-refractivity contribution in [3.63, 3.8) is 0 Å². The summed E-state index contributed by atoms with van der Waals surface area (Å²) in [4.78, 5) is 35.9. The average molecular weight is 553 g/mol. The third-order valence-electron chi connectivity index (χ3n) is 6.84. The van der Waals surface area contributed by atoms with Crippen molar-refractivity contribution in [2.45, 2.75) is 37.1 Å². The number of anilines is 1. The standard InChI is InChI=1S/C25H21BrN4O6/c1-14-22(23(30(34)35)25(28-14)19-4-2-3-5-20(19)27-24(25)31)18-12-16(26)8-11-21(18)36-13-15-6-9-17(10-7-15)29(32)33/h2-12,14,22-23,28H,13H2,1H3,(H,27,31)/t14-,22+,23+,25-/m0/s1. The lowest BCUT2D eigenvalue weighted by Gasteiger charge is -2.26. The van der Waals surface area contributed by atoms with Crippen LogP contribution in [0, 0.1) is 20.2 Å². The molecule has 2 N–H and O–H groups in total. The number of nitrogens with zero attached hydrogens (tertiary/aromatic N) is 2. The Kier molecular flexibility index (Phi) is 5.97. The van der Waals surface area contributed by atoms with Gasteiger partial charge in [-0.25, -0.2) is 0 Å². The zero-order valence-electron chi connectivity index (χ0n) is 19.0. The van der Waals surface area contributed by atoms with E-state index in [1.807, 2.05) is 6.92 Å². The molecule has 11 heteroatoms. The smallest absolute Gasteiger partial charge is 0.269 e. The third-order valence-corrected chi connectivity index (χ3v) is 7.33. The third kappa shape index (κ3) is 3.80. The van der Waals surface area contributed by atoms with E-state index in [0.717, 1.165) is 0 Å². The fourth-order valence-corrected chi connectivity index (χ4v) is 5.69. The number of benzene rings is 3. The molecule has 1 spiro atoms. The molecule has 0 radical (unpaired) electrons. The highest BCUT2D eigenvalue weighted by Crippen LogP contribution is 2.51. The Morgan fingerprint density at radius 1 is 1.06 bits per heavy atom. The molecule has 1 fully saturated rings. The van der Waals surface area contributed by atoms with Crippen molar-refractivity contribution in [1.29, 1.82) is 0 Å². The fourth-order valence-electron chi connectivity index (χ4n) is 5.31. The number of nitro benzene ring substituents is 1. The van der Waals surface area contributed by atoms with Gasteiger partial charge in [-0.2, -0.15) is 0 Å². The molecule has 2 aliphatic rings. The van der Waals surface area contributed by atoms with Gasteiger partial charge in [0.15, 0.2) is 5.54 Å². The van der Waals surface area contributed by atoms with Gasteiger partial charge in [0.05, 0.1) is 10.8 Å². The van der Waals surface area contributed by atoms with Crippen LogP contribution in [0.1, 0.15) is 29.5 Å². The number of non-ortho nitro benzene ring substituents is 1. The van der Waals surface area contributed by atoms with Crippen molar-refractivity contribution in [2.24, 2.45) is 0 Å². The van der Waals surface area contributed by atoms with E-state index >= 15 is 0 Å². The summed E-state index contributed by atoms with van der Waals surface area (Å²) in [5, 5.41) is 29.6. The van der Waals surface area contributed by atoms with Gasteiger partial charge in [-0.1, -0.05) is 34.1 Å². The molecule has 0 saturated carbocycles. The van der Waals surface area contributed by atoms with Crippen LogP contribution in [0.2, 0.25) is 0 Å². The number of hydrogen-bond acceptors (Lipinski definition) is 7. The molecule has 1 amide bonds. The number of nitrogens with one attached hydrogen (secondary N) is 2. The highest BCUT2D eigenvalue weighted by Gasteiger charge is 2.68.